The summed E-state index contributed by atoms with van der Waals surface area (Å²) in [6.45, 7) is -0.122. The number of anilines is 1. The molecule has 3 rings (SSSR count). The second-order valence-corrected chi connectivity index (χ2v) is 5.83. The Balaban J connectivity index is 1.82. The van der Waals surface area contributed by atoms with Gasteiger partial charge in [-0.15, -0.1) is 13.2 Å². The fraction of sp³-hybridized carbons (Fsp3) is 0.150. The van der Waals surface area contributed by atoms with E-state index in [1.54, 1.807) is 24.5 Å². The van der Waals surface area contributed by atoms with Crippen LogP contribution >= 0.6 is 0 Å². The molecular weight excluding hydrogens is 357 g/mol. The van der Waals surface area contributed by atoms with Crippen LogP contribution in [0.1, 0.15) is 11.6 Å². The quantitative estimate of drug-likeness (QED) is 0.651. The molecule has 1 aromatic heterocycles. The first kappa shape index (κ1) is 18.7. The molecule has 1 atom stereocenters. The highest BCUT2D eigenvalue weighted by atomic mass is 19.4. The number of benzene rings is 2. The fourth-order valence-corrected chi connectivity index (χ4v) is 2.67. The lowest BCUT2D eigenvalue weighted by atomic mass is 10.1. The fourth-order valence-electron chi connectivity index (χ4n) is 2.67. The van der Waals surface area contributed by atoms with Crippen molar-refractivity contribution in [3.05, 3.63) is 78.6 Å². The maximum Gasteiger partial charge on any atom is 0.573 e. The molecule has 0 spiro atoms. The van der Waals surface area contributed by atoms with Gasteiger partial charge in [-0.1, -0.05) is 42.5 Å². The molecule has 2 N–H and O–H groups in total. The SMILES string of the molecule is OCC(Nc1cncc(-c2cccc(OC(F)(F)F)c2)c1)c1ccccc1. The van der Waals surface area contributed by atoms with Crippen LogP contribution in [0.2, 0.25) is 0 Å². The van der Waals surface area contributed by atoms with Gasteiger partial charge in [0.25, 0.3) is 0 Å². The van der Waals surface area contributed by atoms with Gasteiger partial charge in [0.05, 0.1) is 18.3 Å². The summed E-state index contributed by atoms with van der Waals surface area (Å²) in [5.41, 5.74) is 2.70. The van der Waals surface area contributed by atoms with Crippen molar-refractivity contribution in [1.82, 2.24) is 4.98 Å². The Morgan fingerprint density at radius 2 is 1.74 bits per heavy atom. The van der Waals surface area contributed by atoms with Gasteiger partial charge in [-0.25, -0.2) is 0 Å². The molecule has 2 aromatic carbocycles. The zero-order valence-corrected chi connectivity index (χ0v) is 14.1. The van der Waals surface area contributed by atoms with E-state index < -0.39 is 6.36 Å². The number of aromatic nitrogens is 1. The average Bonchev–Trinajstić information content (AvgIpc) is 2.66. The Hall–Kier alpha value is -3.06. The number of nitrogens with zero attached hydrogens (tertiary/aromatic N) is 1. The van der Waals surface area contributed by atoms with Crippen LogP contribution in [0.15, 0.2) is 73.1 Å². The van der Waals surface area contributed by atoms with Crippen molar-refractivity contribution in [2.45, 2.75) is 12.4 Å². The number of ether oxygens (including phenoxy) is 1. The first-order valence-corrected chi connectivity index (χ1v) is 8.18. The van der Waals surface area contributed by atoms with E-state index in [2.05, 4.69) is 15.0 Å². The summed E-state index contributed by atoms with van der Waals surface area (Å²) in [4.78, 5) is 4.14. The minimum atomic E-state index is -4.75. The van der Waals surface area contributed by atoms with Crippen LogP contribution in [0, 0.1) is 0 Å². The second kappa shape index (κ2) is 8.09. The van der Waals surface area contributed by atoms with Gasteiger partial charge in [0.15, 0.2) is 0 Å². The van der Waals surface area contributed by atoms with Crippen molar-refractivity contribution in [2.75, 3.05) is 11.9 Å². The van der Waals surface area contributed by atoms with Gasteiger partial charge >= 0.3 is 6.36 Å². The lowest BCUT2D eigenvalue weighted by Gasteiger charge is -2.18. The van der Waals surface area contributed by atoms with Crippen molar-refractivity contribution in [1.29, 1.82) is 0 Å². The first-order chi connectivity index (χ1) is 12.9. The summed E-state index contributed by atoms with van der Waals surface area (Å²) in [7, 11) is 0. The van der Waals surface area contributed by atoms with E-state index in [0.717, 1.165) is 5.56 Å². The summed E-state index contributed by atoms with van der Waals surface area (Å²) >= 11 is 0. The van der Waals surface area contributed by atoms with E-state index in [1.807, 2.05) is 30.3 Å². The average molecular weight is 374 g/mol. The summed E-state index contributed by atoms with van der Waals surface area (Å²) in [5, 5.41) is 12.8. The van der Waals surface area contributed by atoms with Gasteiger partial charge in [0, 0.05) is 18.0 Å². The zero-order chi connectivity index (χ0) is 19.3. The number of hydrogen-bond donors (Lipinski definition) is 2. The van der Waals surface area contributed by atoms with E-state index in [9.17, 15) is 18.3 Å². The van der Waals surface area contributed by atoms with Crippen LogP contribution in [0.25, 0.3) is 11.1 Å². The summed E-state index contributed by atoms with van der Waals surface area (Å²) in [5.74, 6) is -0.295. The van der Waals surface area contributed by atoms with Crippen LogP contribution in [0.5, 0.6) is 5.75 Å². The Bertz CT molecular complexity index is 886. The van der Waals surface area contributed by atoms with Gasteiger partial charge < -0.3 is 15.2 Å². The van der Waals surface area contributed by atoms with Gasteiger partial charge in [0.1, 0.15) is 5.75 Å². The molecule has 0 saturated carbocycles. The van der Waals surface area contributed by atoms with Crippen molar-refractivity contribution >= 4 is 5.69 Å². The number of nitrogens with one attached hydrogen (secondary N) is 1. The maximum atomic E-state index is 12.4. The molecule has 140 valence electrons. The third kappa shape index (κ3) is 5.21. The van der Waals surface area contributed by atoms with Crippen molar-refractivity contribution < 1.29 is 23.0 Å². The van der Waals surface area contributed by atoms with E-state index in [1.165, 1.54) is 18.2 Å². The topological polar surface area (TPSA) is 54.4 Å². The second-order valence-electron chi connectivity index (χ2n) is 5.83. The van der Waals surface area contributed by atoms with E-state index in [0.29, 0.717) is 16.8 Å². The number of aliphatic hydroxyl groups excluding tert-OH is 1. The van der Waals surface area contributed by atoms with Gasteiger partial charge in [-0.2, -0.15) is 0 Å². The van der Waals surface area contributed by atoms with Crippen LogP contribution in [-0.2, 0) is 0 Å². The number of alkyl halides is 3. The third-order valence-electron chi connectivity index (χ3n) is 3.86. The number of hydrogen-bond acceptors (Lipinski definition) is 4. The maximum absolute atomic E-state index is 12.4. The molecule has 7 heteroatoms. The molecule has 0 aliphatic carbocycles. The predicted octanol–water partition coefficient (Wildman–Crippen LogP) is 4.79. The number of aliphatic hydroxyl groups is 1. The van der Waals surface area contributed by atoms with Crippen LogP contribution in [0.4, 0.5) is 18.9 Å². The molecule has 0 saturated heterocycles. The largest absolute Gasteiger partial charge is 0.573 e. The molecule has 1 unspecified atom stereocenters. The van der Waals surface area contributed by atoms with Crippen molar-refractivity contribution in [2.24, 2.45) is 0 Å². The van der Waals surface area contributed by atoms with Crippen LogP contribution in [-0.4, -0.2) is 23.1 Å². The molecule has 0 radical (unpaired) electrons. The molecule has 3 aromatic rings. The molecule has 1 heterocycles. The standard InChI is InChI=1S/C20H17F3N2O2/c21-20(22,23)27-18-8-4-7-15(10-18)16-9-17(12-24-11-16)25-19(13-26)14-5-2-1-3-6-14/h1-12,19,25-26H,13H2. The lowest BCUT2D eigenvalue weighted by molar-refractivity contribution is -0.274. The van der Waals surface area contributed by atoms with Gasteiger partial charge in [0.2, 0.25) is 0 Å². The minimum absolute atomic E-state index is 0.122. The smallest absolute Gasteiger partial charge is 0.406 e. The molecule has 0 aliphatic heterocycles. The predicted molar refractivity (Wildman–Crippen MR) is 96.2 cm³/mol. The monoisotopic (exact) mass is 374 g/mol. The summed E-state index contributed by atoms with van der Waals surface area (Å²) in [6, 6.07) is 16.5. The number of pyridine rings is 1. The first-order valence-electron chi connectivity index (χ1n) is 8.18. The Morgan fingerprint density at radius 3 is 2.44 bits per heavy atom. The third-order valence-corrected chi connectivity index (χ3v) is 3.86. The molecule has 4 nitrogen and oxygen atoms in total. The van der Waals surface area contributed by atoms with Crippen molar-refractivity contribution in [3.8, 4) is 16.9 Å². The molecule has 0 bridgehead atoms. The highest BCUT2D eigenvalue weighted by Gasteiger charge is 2.31. The van der Waals surface area contributed by atoms with Crippen LogP contribution in [0.3, 0.4) is 0 Å². The molecular formula is C20H17F3N2O2. The Morgan fingerprint density at radius 1 is 0.963 bits per heavy atom. The van der Waals surface area contributed by atoms with Gasteiger partial charge in [-0.05, 0) is 29.3 Å². The van der Waals surface area contributed by atoms with Crippen LogP contribution < -0.4 is 10.1 Å². The normalized spacial score (nSPS) is 12.4. The van der Waals surface area contributed by atoms with E-state index in [-0.39, 0.29) is 18.4 Å². The van der Waals surface area contributed by atoms with E-state index in [4.69, 9.17) is 0 Å². The Labute approximate surface area is 154 Å². The molecule has 27 heavy (non-hydrogen) atoms. The minimum Gasteiger partial charge on any atom is -0.406 e. The summed E-state index contributed by atoms with van der Waals surface area (Å²) < 4.78 is 41.2. The highest BCUT2D eigenvalue weighted by Crippen LogP contribution is 2.29. The van der Waals surface area contributed by atoms with Gasteiger partial charge in [-0.3, -0.25) is 4.98 Å². The lowest BCUT2D eigenvalue weighted by Crippen LogP contribution is -2.17. The molecule has 0 amide bonds. The molecule has 0 fully saturated rings. The number of rotatable bonds is 6. The summed E-state index contributed by atoms with van der Waals surface area (Å²) in [6.07, 6.45) is -1.61. The zero-order valence-electron chi connectivity index (χ0n) is 14.1. The Kier molecular flexibility index (Phi) is 5.61. The molecule has 0 aliphatic rings. The highest BCUT2D eigenvalue weighted by molar-refractivity contribution is 5.68. The number of halogens is 3. The van der Waals surface area contributed by atoms with Crippen molar-refractivity contribution in [3.63, 3.8) is 0 Å². The van der Waals surface area contributed by atoms with E-state index >= 15 is 0 Å².